The van der Waals surface area contributed by atoms with Gasteiger partial charge in [0, 0.05) is 25.0 Å². The number of likely N-dealkylation sites (tertiary alicyclic amines) is 1. The van der Waals surface area contributed by atoms with Gasteiger partial charge in [0.1, 0.15) is 12.1 Å². The molecule has 2 heterocycles. The first-order valence-corrected chi connectivity index (χ1v) is 14.0. The number of amides is 3. The molecule has 10 heteroatoms. The zero-order valence-electron chi connectivity index (χ0n) is 23.6. The van der Waals surface area contributed by atoms with Crippen LogP contribution in [0.15, 0.2) is 30.3 Å². The van der Waals surface area contributed by atoms with E-state index in [-0.39, 0.29) is 25.3 Å². The smallest absolute Gasteiger partial charge is 0.409 e. The normalized spacial score (nSPS) is 21.6. The summed E-state index contributed by atoms with van der Waals surface area (Å²) in [6, 6.07) is 7.95. The second-order valence-corrected chi connectivity index (χ2v) is 11.1. The van der Waals surface area contributed by atoms with E-state index in [1.807, 2.05) is 51.1 Å². The van der Waals surface area contributed by atoms with Crippen LogP contribution in [0.4, 0.5) is 9.59 Å². The first-order valence-electron chi connectivity index (χ1n) is 14.0. The summed E-state index contributed by atoms with van der Waals surface area (Å²) < 4.78 is 16.7. The van der Waals surface area contributed by atoms with Crippen molar-refractivity contribution >= 4 is 23.9 Å². The molecule has 0 bridgehead atoms. The molecule has 2 N–H and O–H groups in total. The van der Waals surface area contributed by atoms with E-state index in [4.69, 9.17) is 14.2 Å². The van der Waals surface area contributed by atoms with Crippen LogP contribution in [0, 0.1) is 5.41 Å². The second kappa shape index (κ2) is 14.3. The fourth-order valence-electron chi connectivity index (χ4n) is 4.92. The Hall–Kier alpha value is -3.14. The lowest BCUT2D eigenvalue weighted by Crippen LogP contribution is -2.49. The van der Waals surface area contributed by atoms with Gasteiger partial charge in [0.2, 0.25) is 5.78 Å². The van der Waals surface area contributed by atoms with E-state index in [2.05, 4.69) is 10.6 Å². The Labute approximate surface area is 231 Å². The van der Waals surface area contributed by atoms with Crippen molar-refractivity contribution in [3.8, 4) is 0 Å². The van der Waals surface area contributed by atoms with Crippen LogP contribution in [0.2, 0.25) is 0 Å². The van der Waals surface area contributed by atoms with Crippen LogP contribution in [0.5, 0.6) is 0 Å². The number of nitrogens with zero attached hydrogens (tertiary/aromatic N) is 1. The minimum atomic E-state index is -1.01. The van der Waals surface area contributed by atoms with Crippen molar-refractivity contribution in [2.24, 2.45) is 5.41 Å². The molecule has 0 spiro atoms. The summed E-state index contributed by atoms with van der Waals surface area (Å²) in [6.45, 7) is 9.15. The van der Waals surface area contributed by atoms with E-state index in [1.165, 1.54) is 4.90 Å². The van der Waals surface area contributed by atoms with Gasteiger partial charge in [-0.05, 0) is 31.7 Å². The molecule has 1 unspecified atom stereocenters. The summed E-state index contributed by atoms with van der Waals surface area (Å²) in [7, 11) is 0. The molecular weight excluding hydrogens is 502 g/mol. The molecule has 2 saturated heterocycles. The van der Waals surface area contributed by atoms with Gasteiger partial charge in [-0.25, -0.2) is 9.59 Å². The molecule has 2 aliphatic rings. The Morgan fingerprint density at radius 2 is 1.90 bits per heavy atom. The van der Waals surface area contributed by atoms with Crippen molar-refractivity contribution in [3.63, 3.8) is 0 Å². The number of alkyl carbamates (subject to hydrolysis) is 1. The number of hydrogen-bond acceptors (Lipinski definition) is 7. The number of ketones is 1. The Morgan fingerprint density at radius 1 is 1.15 bits per heavy atom. The lowest BCUT2D eigenvalue weighted by molar-refractivity contribution is -0.139. The zero-order chi connectivity index (χ0) is 28.4. The highest BCUT2D eigenvalue weighted by atomic mass is 16.6. The summed E-state index contributed by atoms with van der Waals surface area (Å²) in [6.07, 6.45) is 2.73. The number of hydrogen-bond donors (Lipinski definition) is 2. The Bertz CT molecular complexity index is 978. The van der Waals surface area contributed by atoms with Crippen molar-refractivity contribution in [2.75, 3.05) is 26.3 Å². The first kappa shape index (κ1) is 30.4. The highest BCUT2D eigenvalue weighted by Gasteiger charge is 2.45. The van der Waals surface area contributed by atoms with Crippen LogP contribution < -0.4 is 10.6 Å². The fraction of sp³-hybridized carbons (Fsp3) is 0.655. The predicted octanol–water partition coefficient (Wildman–Crippen LogP) is 4.13. The SMILES string of the molecule is CCCC[C@H](NC(=O)O[C@@H]1CN(C(=O)OCCC2CCCO2)CC1(C)C)C(=O)C(=O)N[C@H](C)c1ccccc1. The van der Waals surface area contributed by atoms with Crippen LogP contribution in [0.3, 0.4) is 0 Å². The molecule has 2 aliphatic heterocycles. The number of Topliss-reactive ketones (excluding diaryl/α,β-unsaturated/α-hetero) is 1. The monoisotopic (exact) mass is 545 g/mol. The molecule has 3 rings (SSSR count). The molecule has 0 aromatic heterocycles. The highest BCUT2D eigenvalue weighted by molar-refractivity contribution is 6.38. The minimum Gasteiger partial charge on any atom is -0.449 e. The molecule has 3 amide bonds. The average Bonchev–Trinajstić information content (AvgIpc) is 3.53. The molecule has 0 aliphatic carbocycles. The lowest BCUT2D eigenvalue weighted by Gasteiger charge is -2.26. The number of carbonyl (C=O) groups excluding carboxylic acids is 4. The fourth-order valence-corrected chi connectivity index (χ4v) is 4.92. The summed E-state index contributed by atoms with van der Waals surface area (Å²) in [5.41, 5.74) is 0.352. The van der Waals surface area contributed by atoms with E-state index in [0.29, 0.717) is 25.8 Å². The predicted molar refractivity (Wildman–Crippen MR) is 145 cm³/mol. The van der Waals surface area contributed by atoms with Crippen molar-refractivity contribution in [3.05, 3.63) is 35.9 Å². The molecule has 39 heavy (non-hydrogen) atoms. The molecule has 1 aromatic carbocycles. The van der Waals surface area contributed by atoms with Crippen LogP contribution in [0.1, 0.15) is 77.8 Å². The first-order chi connectivity index (χ1) is 18.6. The molecule has 0 radical (unpaired) electrons. The molecule has 2 fully saturated rings. The average molecular weight is 546 g/mol. The number of unbranched alkanes of at least 4 members (excludes halogenated alkanes) is 1. The summed E-state index contributed by atoms with van der Waals surface area (Å²) in [5, 5.41) is 5.32. The summed E-state index contributed by atoms with van der Waals surface area (Å²) >= 11 is 0. The van der Waals surface area contributed by atoms with Gasteiger partial charge in [0.05, 0.1) is 25.3 Å². The minimum absolute atomic E-state index is 0.139. The molecule has 1 aromatic rings. The van der Waals surface area contributed by atoms with Gasteiger partial charge in [-0.1, -0.05) is 63.9 Å². The number of rotatable bonds is 12. The second-order valence-electron chi connectivity index (χ2n) is 11.1. The Kier molecular flexibility index (Phi) is 11.2. The van der Waals surface area contributed by atoms with E-state index in [1.54, 1.807) is 6.92 Å². The highest BCUT2D eigenvalue weighted by Crippen LogP contribution is 2.32. The summed E-state index contributed by atoms with van der Waals surface area (Å²) in [5.74, 6) is -1.48. The summed E-state index contributed by atoms with van der Waals surface area (Å²) in [4.78, 5) is 52.7. The van der Waals surface area contributed by atoms with Crippen molar-refractivity contribution in [1.29, 1.82) is 0 Å². The molecule has 4 atom stereocenters. The van der Waals surface area contributed by atoms with E-state index in [0.717, 1.165) is 31.4 Å². The van der Waals surface area contributed by atoms with Gasteiger partial charge in [-0.15, -0.1) is 0 Å². The van der Waals surface area contributed by atoms with Gasteiger partial charge >= 0.3 is 12.2 Å². The van der Waals surface area contributed by atoms with Crippen LogP contribution in [0.25, 0.3) is 0 Å². The molecular formula is C29H43N3O7. The molecule has 0 saturated carbocycles. The molecule has 216 valence electrons. The van der Waals surface area contributed by atoms with Gasteiger partial charge in [-0.2, -0.15) is 0 Å². The Morgan fingerprint density at radius 3 is 2.56 bits per heavy atom. The third-order valence-electron chi connectivity index (χ3n) is 7.38. The van der Waals surface area contributed by atoms with E-state index in [9.17, 15) is 19.2 Å². The number of nitrogens with one attached hydrogen (secondary N) is 2. The standard InChI is InChI=1S/C29H43N3O7/c1-5-6-14-23(25(33)26(34)30-20(2)21-11-8-7-9-12-21)31-27(35)39-24-18-32(19-29(24,3)4)28(36)38-17-15-22-13-10-16-37-22/h7-9,11-12,20,22-24H,5-6,10,13-19H2,1-4H3,(H,30,34)(H,31,35)/t20-,22?,23+,24-/m1/s1. The van der Waals surface area contributed by atoms with E-state index >= 15 is 0 Å². The zero-order valence-corrected chi connectivity index (χ0v) is 23.6. The van der Waals surface area contributed by atoms with Crippen LogP contribution in [-0.2, 0) is 23.8 Å². The third-order valence-corrected chi connectivity index (χ3v) is 7.38. The quantitative estimate of drug-likeness (QED) is 0.379. The maximum Gasteiger partial charge on any atom is 0.409 e. The topological polar surface area (TPSA) is 123 Å². The van der Waals surface area contributed by atoms with Crippen molar-refractivity contribution < 1.29 is 33.4 Å². The number of carbonyl (C=O) groups is 4. The van der Waals surface area contributed by atoms with Crippen LogP contribution >= 0.6 is 0 Å². The van der Waals surface area contributed by atoms with Gasteiger partial charge < -0.3 is 29.7 Å². The molecule has 10 nitrogen and oxygen atoms in total. The maximum atomic E-state index is 13.0. The van der Waals surface area contributed by atoms with Gasteiger partial charge in [0.25, 0.3) is 5.91 Å². The maximum absolute atomic E-state index is 13.0. The van der Waals surface area contributed by atoms with E-state index < -0.39 is 41.4 Å². The van der Waals surface area contributed by atoms with Gasteiger partial charge in [0.15, 0.2) is 0 Å². The van der Waals surface area contributed by atoms with Crippen molar-refractivity contribution in [2.45, 2.75) is 90.5 Å². The number of ether oxygens (including phenoxy) is 3. The van der Waals surface area contributed by atoms with Crippen molar-refractivity contribution in [1.82, 2.24) is 15.5 Å². The van der Waals surface area contributed by atoms with Gasteiger partial charge in [-0.3, -0.25) is 9.59 Å². The largest absolute Gasteiger partial charge is 0.449 e. The van der Waals surface area contributed by atoms with Crippen LogP contribution in [-0.4, -0.2) is 73.3 Å². The lowest BCUT2D eigenvalue weighted by atomic mass is 9.90. The number of benzene rings is 1. The third kappa shape index (κ3) is 8.95. The Balaban J connectivity index is 1.52.